The lowest BCUT2D eigenvalue weighted by molar-refractivity contribution is -0.120. The molecule has 0 radical (unpaired) electrons. The maximum atomic E-state index is 13.6. The maximum Gasteiger partial charge on any atom is 0.282 e. The number of anilines is 2. The first-order valence-corrected chi connectivity index (χ1v) is 11.5. The Bertz CT molecular complexity index is 1250. The van der Waals surface area contributed by atoms with Gasteiger partial charge < -0.3 is 10.1 Å². The molecule has 0 bridgehead atoms. The van der Waals surface area contributed by atoms with Crippen LogP contribution in [0.4, 0.5) is 11.4 Å². The highest BCUT2D eigenvalue weighted by atomic mass is 16.5. The number of benzene rings is 3. The quantitative estimate of drug-likeness (QED) is 0.442. The third-order valence-electron chi connectivity index (χ3n) is 5.56. The first-order chi connectivity index (χ1) is 16.2. The topological polar surface area (TPSA) is 58.6 Å². The Hall–Kier alpha value is -3.86. The molecule has 5 nitrogen and oxygen atoms in total. The van der Waals surface area contributed by atoms with Crippen LogP contribution in [0.2, 0.25) is 0 Å². The minimum atomic E-state index is -0.370. The molecule has 174 valence electrons. The monoisotopic (exact) mass is 454 g/mol. The summed E-state index contributed by atoms with van der Waals surface area (Å²) in [6.07, 6.45) is 0. The molecule has 3 aromatic carbocycles. The molecule has 0 atom stereocenters. The molecule has 1 heterocycles. The number of rotatable bonds is 7. The van der Waals surface area contributed by atoms with Gasteiger partial charge >= 0.3 is 0 Å². The fraction of sp³-hybridized carbons (Fsp3) is 0.241. The molecule has 0 unspecified atom stereocenters. The highest BCUT2D eigenvalue weighted by Crippen LogP contribution is 2.35. The summed E-state index contributed by atoms with van der Waals surface area (Å²) in [6, 6.07) is 20.8. The molecule has 3 aromatic rings. The Morgan fingerprint density at radius 3 is 2.12 bits per heavy atom. The SMILES string of the molecule is Cc1cc(C)cc(NC2=C(c3ccc(OCC(C)C)cc3)C(=O)N(c3cccc(C)c3)C2=O)c1. The van der Waals surface area contributed by atoms with E-state index in [0.717, 1.165) is 28.1 Å². The summed E-state index contributed by atoms with van der Waals surface area (Å²) in [5.41, 5.74) is 5.73. The Labute approximate surface area is 201 Å². The Balaban J connectivity index is 1.76. The first kappa shape index (κ1) is 23.3. The van der Waals surface area contributed by atoms with Crippen molar-refractivity contribution in [2.75, 3.05) is 16.8 Å². The Morgan fingerprint density at radius 2 is 1.50 bits per heavy atom. The summed E-state index contributed by atoms with van der Waals surface area (Å²) < 4.78 is 5.79. The molecule has 4 rings (SSSR count). The van der Waals surface area contributed by atoms with Crippen molar-refractivity contribution in [2.45, 2.75) is 34.6 Å². The van der Waals surface area contributed by atoms with Gasteiger partial charge in [0.25, 0.3) is 11.8 Å². The van der Waals surface area contributed by atoms with Crippen molar-refractivity contribution in [3.63, 3.8) is 0 Å². The molecule has 0 spiro atoms. The lowest BCUT2D eigenvalue weighted by atomic mass is 10.0. The second-order valence-electron chi connectivity index (χ2n) is 9.27. The van der Waals surface area contributed by atoms with Crippen LogP contribution in [0.15, 0.2) is 72.4 Å². The summed E-state index contributed by atoms with van der Waals surface area (Å²) in [6.45, 7) is 10.7. The van der Waals surface area contributed by atoms with Gasteiger partial charge in [-0.2, -0.15) is 0 Å². The van der Waals surface area contributed by atoms with Crippen molar-refractivity contribution in [3.8, 4) is 5.75 Å². The number of amides is 2. The highest BCUT2D eigenvalue weighted by molar-refractivity contribution is 6.46. The molecule has 34 heavy (non-hydrogen) atoms. The minimum absolute atomic E-state index is 0.271. The smallest absolute Gasteiger partial charge is 0.282 e. The van der Waals surface area contributed by atoms with E-state index in [2.05, 4.69) is 25.2 Å². The zero-order valence-electron chi connectivity index (χ0n) is 20.3. The van der Waals surface area contributed by atoms with Gasteiger partial charge in [-0.1, -0.05) is 44.2 Å². The third kappa shape index (κ3) is 4.88. The van der Waals surface area contributed by atoms with Crippen LogP contribution in [-0.4, -0.2) is 18.4 Å². The second-order valence-corrected chi connectivity index (χ2v) is 9.27. The zero-order chi connectivity index (χ0) is 24.4. The van der Waals surface area contributed by atoms with E-state index in [4.69, 9.17) is 4.74 Å². The van der Waals surface area contributed by atoms with Crippen LogP contribution in [0, 0.1) is 26.7 Å². The molecule has 0 aliphatic carbocycles. The summed E-state index contributed by atoms with van der Waals surface area (Å²) in [5.74, 6) is 0.422. The van der Waals surface area contributed by atoms with Crippen LogP contribution in [0.5, 0.6) is 5.75 Å². The summed E-state index contributed by atoms with van der Waals surface area (Å²) >= 11 is 0. The third-order valence-corrected chi connectivity index (χ3v) is 5.56. The number of nitrogens with zero attached hydrogens (tertiary/aromatic N) is 1. The number of hydrogen-bond donors (Lipinski definition) is 1. The fourth-order valence-electron chi connectivity index (χ4n) is 4.09. The minimum Gasteiger partial charge on any atom is -0.493 e. The Morgan fingerprint density at radius 1 is 0.824 bits per heavy atom. The molecule has 1 N–H and O–H groups in total. The number of carbonyl (C=O) groups excluding carboxylic acids is 2. The molecule has 5 heteroatoms. The Kier molecular flexibility index (Phi) is 6.55. The van der Waals surface area contributed by atoms with Crippen LogP contribution in [0.3, 0.4) is 0 Å². The van der Waals surface area contributed by atoms with Crippen molar-refractivity contribution < 1.29 is 14.3 Å². The van der Waals surface area contributed by atoms with E-state index in [9.17, 15) is 9.59 Å². The first-order valence-electron chi connectivity index (χ1n) is 11.5. The van der Waals surface area contributed by atoms with E-state index < -0.39 is 0 Å². The zero-order valence-corrected chi connectivity index (χ0v) is 20.3. The fourth-order valence-corrected chi connectivity index (χ4v) is 4.09. The molecular weight excluding hydrogens is 424 g/mol. The van der Waals surface area contributed by atoms with Gasteiger partial charge in [-0.25, -0.2) is 4.90 Å². The number of carbonyl (C=O) groups is 2. The van der Waals surface area contributed by atoms with Crippen LogP contribution < -0.4 is 15.0 Å². The van der Waals surface area contributed by atoms with Gasteiger partial charge in [0, 0.05) is 5.69 Å². The molecule has 0 saturated carbocycles. The van der Waals surface area contributed by atoms with Gasteiger partial charge in [0.05, 0.1) is 17.9 Å². The van der Waals surface area contributed by atoms with Gasteiger partial charge in [0.2, 0.25) is 0 Å². The van der Waals surface area contributed by atoms with Gasteiger partial charge in [-0.05, 0) is 85.3 Å². The average Bonchev–Trinajstić information content (AvgIpc) is 3.01. The number of imide groups is 1. The van der Waals surface area contributed by atoms with E-state index in [1.54, 1.807) is 6.07 Å². The highest BCUT2D eigenvalue weighted by Gasteiger charge is 2.40. The van der Waals surface area contributed by atoms with Gasteiger partial charge in [0.15, 0.2) is 0 Å². The van der Waals surface area contributed by atoms with Crippen molar-refractivity contribution in [1.82, 2.24) is 0 Å². The standard InChI is InChI=1S/C29H30N2O3/c1-18(2)17-34-25-11-9-22(10-12-25)26-27(30-23-14-20(4)13-21(5)15-23)29(33)31(28(26)32)24-8-6-7-19(3)16-24/h6-16,18,30H,17H2,1-5H3. The van der Waals surface area contributed by atoms with Crippen LogP contribution in [-0.2, 0) is 9.59 Å². The molecule has 0 saturated heterocycles. The summed E-state index contributed by atoms with van der Waals surface area (Å²) in [4.78, 5) is 28.5. The number of nitrogens with one attached hydrogen (secondary N) is 1. The van der Waals surface area contributed by atoms with Gasteiger partial charge in [0.1, 0.15) is 11.4 Å². The normalized spacial score (nSPS) is 13.8. The van der Waals surface area contributed by atoms with Crippen molar-refractivity contribution in [3.05, 3.63) is 94.7 Å². The van der Waals surface area contributed by atoms with E-state index in [0.29, 0.717) is 29.3 Å². The number of hydrogen-bond acceptors (Lipinski definition) is 4. The second kappa shape index (κ2) is 9.56. The maximum absolute atomic E-state index is 13.6. The molecule has 0 fully saturated rings. The number of ether oxygens (including phenoxy) is 1. The number of aryl methyl sites for hydroxylation is 3. The van der Waals surface area contributed by atoms with Crippen LogP contribution in [0.1, 0.15) is 36.1 Å². The van der Waals surface area contributed by atoms with E-state index >= 15 is 0 Å². The van der Waals surface area contributed by atoms with E-state index in [1.807, 2.05) is 75.4 Å². The molecule has 2 amide bonds. The van der Waals surface area contributed by atoms with Crippen molar-refractivity contribution in [2.24, 2.45) is 5.92 Å². The van der Waals surface area contributed by atoms with Gasteiger partial charge in [-0.15, -0.1) is 0 Å². The van der Waals surface area contributed by atoms with Crippen molar-refractivity contribution in [1.29, 1.82) is 0 Å². The van der Waals surface area contributed by atoms with Crippen molar-refractivity contribution >= 4 is 28.8 Å². The largest absolute Gasteiger partial charge is 0.493 e. The summed E-state index contributed by atoms with van der Waals surface area (Å²) in [5, 5.41) is 3.26. The summed E-state index contributed by atoms with van der Waals surface area (Å²) in [7, 11) is 0. The molecule has 1 aliphatic heterocycles. The lowest BCUT2D eigenvalue weighted by Gasteiger charge is -2.16. The predicted molar refractivity (Wildman–Crippen MR) is 137 cm³/mol. The molecule has 0 aromatic heterocycles. The average molecular weight is 455 g/mol. The van der Waals surface area contributed by atoms with E-state index in [-0.39, 0.29) is 17.5 Å². The predicted octanol–water partition coefficient (Wildman–Crippen LogP) is 6.04. The van der Waals surface area contributed by atoms with Gasteiger partial charge in [-0.3, -0.25) is 9.59 Å². The van der Waals surface area contributed by atoms with E-state index in [1.165, 1.54) is 4.90 Å². The van der Waals surface area contributed by atoms with Crippen LogP contribution >= 0.6 is 0 Å². The molecular formula is C29H30N2O3. The molecule has 1 aliphatic rings. The lowest BCUT2D eigenvalue weighted by Crippen LogP contribution is -2.32. The van der Waals surface area contributed by atoms with Crippen LogP contribution in [0.25, 0.3) is 5.57 Å².